The van der Waals surface area contributed by atoms with Gasteiger partial charge in [0.05, 0.1) is 0 Å². The molecule has 0 bridgehead atoms. The van der Waals surface area contributed by atoms with Crippen molar-refractivity contribution in [3.8, 4) is 0 Å². The number of hydrogen-bond acceptors (Lipinski definition) is 7. The second-order valence-electron chi connectivity index (χ2n) is 17.9. The Kier molecular flexibility index (Phi) is 47.2. The molecule has 0 aromatic carbocycles. The third-order valence-corrected chi connectivity index (χ3v) is 11.3. The molecule has 7 heteroatoms. The highest BCUT2D eigenvalue weighted by atomic mass is 16.5. The number of allylic oxidation sites excluding steroid dienone is 6. The van der Waals surface area contributed by atoms with Gasteiger partial charge in [-0.1, -0.05) is 165 Å². The van der Waals surface area contributed by atoms with Crippen molar-refractivity contribution in [2.24, 2.45) is 0 Å². The van der Waals surface area contributed by atoms with Crippen LogP contribution in [0.4, 0.5) is 0 Å². The van der Waals surface area contributed by atoms with E-state index in [0.717, 1.165) is 103 Å². The number of carbonyl (C=O) groups is 3. The minimum atomic E-state index is -0.0683. The Morgan fingerprint density at radius 2 is 0.710 bits per heavy atom. The van der Waals surface area contributed by atoms with Gasteiger partial charge < -0.3 is 19.1 Å². The SMILES string of the molecule is CCCC=CCOC(=O)CCCCCCCC=CCCCCCCCCC(CCCCCCCCC=CCCCCCCCC(=O)OCC=CCCC)OC(=O)CCCN(C)C. The fraction of sp³-hybridized carbons (Fsp3) is 0.800. The first-order chi connectivity index (χ1) is 30.4. The summed E-state index contributed by atoms with van der Waals surface area (Å²) in [6.07, 6.45) is 57.5. The lowest BCUT2D eigenvalue weighted by Crippen LogP contribution is -2.20. The van der Waals surface area contributed by atoms with E-state index >= 15 is 0 Å². The minimum absolute atomic E-state index is 0.0148. The van der Waals surface area contributed by atoms with Gasteiger partial charge in [-0.25, -0.2) is 0 Å². The lowest BCUT2D eigenvalue weighted by molar-refractivity contribution is -0.150. The molecule has 0 spiro atoms. The smallest absolute Gasteiger partial charge is 0.306 e. The van der Waals surface area contributed by atoms with Crippen molar-refractivity contribution in [1.29, 1.82) is 0 Å². The van der Waals surface area contributed by atoms with Crippen molar-refractivity contribution in [2.75, 3.05) is 33.9 Å². The highest BCUT2D eigenvalue weighted by Gasteiger charge is 2.14. The molecule has 7 nitrogen and oxygen atoms in total. The molecule has 0 aliphatic rings. The maximum Gasteiger partial charge on any atom is 0.306 e. The molecule has 0 rings (SSSR count). The van der Waals surface area contributed by atoms with E-state index < -0.39 is 0 Å². The van der Waals surface area contributed by atoms with Crippen LogP contribution in [-0.4, -0.2) is 62.8 Å². The van der Waals surface area contributed by atoms with Gasteiger partial charge in [0.15, 0.2) is 0 Å². The number of nitrogens with zero attached hydrogens (tertiary/aromatic N) is 1. The molecule has 0 aliphatic carbocycles. The molecule has 0 unspecified atom stereocenters. The average Bonchev–Trinajstić information content (AvgIpc) is 3.25. The summed E-state index contributed by atoms with van der Waals surface area (Å²) in [6.45, 7) is 6.03. The molecule has 0 atom stereocenters. The lowest BCUT2D eigenvalue weighted by atomic mass is 10.0. The van der Waals surface area contributed by atoms with E-state index in [-0.39, 0.29) is 24.0 Å². The zero-order valence-corrected chi connectivity index (χ0v) is 41.2. The number of rotatable bonds is 47. The van der Waals surface area contributed by atoms with E-state index in [0.29, 0.717) is 32.5 Å². The molecular weight excluding hydrogens is 771 g/mol. The Morgan fingerprint density at radius 3 is 1.08 bits per heavy atom. The molecule has 62 heavy (non-hydrogen) atoms. The van der Waals surface area contributed by atoms with Gasteiger partial charge in [0.1, 0.15) is 19.3 Å². The van der Waals surface area contributed by atoms with Crippen LogP contribution < -0.4 is 0 Å². The third kappa shape index (κ3) is 48.4. The van der Waals surface area contributed by atoms with E-state index in [1.54, 1.807) is 0 Å². The van der Waals surface area contributed by atoms with Gasteiger partial charge in [0, 0.05) is 19.3 Å². The van der Waals surface area contributed by atoms with Crippen molar-refractivity contribution < 1.29 is 28.6 Å². The van der Waals surface area contributed by atoms with E-state index in [9.17, 15) is 14.4 Å². The third-order valence-electron chi connectivity index (χ3n) is 11.3. The second-order valence-corrected chi connectivity index (χ2v) is 17.9. The zero-order chi connectivity index (χ0) is 45.2. The summed E-state index contributed by atoms with van der Waals surface area (Å²) in [5.74, 6) is -0.151. The van der Waals surface area contributed by atoms with Gasteiger partial charge in [-0.3, -0.25) is 14.4 Å². The molecule has 0 amide bonds. The van der Waals surface area contributed by atoms with E-state index in [1.807, 2.05) is 12.2 Å². The molecule has 360 valence electrons. The average molecular weight is 870 g/mol. The minimum Gasteiger partial charge on any atom is -0.462 e. The molecular formula is C55H99NO6. The van der Waals surface area contributed by atoms with Crippen LogP contribution in [0.5, 0.6) is 0 Å². The van der Waals surface area contributed by atoms with Crippen molar-refractivity contribution in [2.45, 2.75) is 251 Å². The number of hydrogen-bond donors (Lipinski definition) is 0. The molecule has 0 saturated carbocycles. The molecule has 0 heterocycles. The Balaban J connectivity index is 3.91. The van der Waals surface area contributed by atoms with Crippen LogP contribution in [0.25, 0.3) is 0 Å². The van der Waals surface area contributed by atoms with Crippen LogP contribution in [0.3, 0.4) is 0 Å². The van der Waals surface area contributed by atoms with Crippen LogP contribution in [-0.2, 0) is 28.6 Å². The summed E-state index contributed by atoms with van der Waals surface area (Å²) in [4.78, 5) is 38.3. The van der Waals surface area contributed by atoms with E-state index in [1.165, 1.54) is 116 Å². The Bertz CT molecular complexity index is 1040. The van der Waals surface area contributed by atoms with E-state index in [4.69, 9.17) is 14.2 Å². The first kappa shape index (κ1) is 59.3. The predicted molar refractivity (Wildman–Crippen MR) is 264 cm³/mol. The summed E-state index contributed by atoms with van der Waals surface area (Å²) in [6, 6.07) is 0. The summed E-state index contributed by atoms with van der Waals surface area (Å²) in [5, 5.41) is 0. The topological polar surface area (TPSA) is 82.1 Å². The van der Waals surface area contributed by atoms with Crippen molar-refractivity contribution in [3.63, 3.8) is 0 Å². The fourth-order valence-electron chi connectivity index (χ4n) is 7.46. The molecule has 0 fully saturated rings. The standard InChI is InChI=1S/C55H99NO6/c1-5-7-9-41-50-60-53(57)46-39-35-31-27-23-19-15-11-13-17-21-25-29-33-37-44-52(62-55(59)48-43-49-56(3)4)45-38-34-30-26-22-18-14-12-16-20-24-28-32-36-40-47-54(58)61-51-42-10-8-6-2/h9-12,15-16,41-42,52H,5-8,13-14,17-40,43-51H2,1-4H3. The predicted octanol–water partition coefficient (Wildman–Crippen LogP) is 15.9. The van der Waals surface area contributed by atoms with Gasteiger partial charge in [-0.15, -0.1) is 0 Å². The molecule has 0 radical (unpaired) electrons. The summed E-state index contributed by atoms with van der Waals surface area (Å²) in [7, 11) is 4.10. The Labute approximate surface area is 383 Å². The largest absolute Gasteiger partial charge is 0.462 e. The summed E-state index contributed by atoms with van der Waals surface area (Å²) in [5.41, 5.74) is 0. The first-order valence-corrected chi connectivity index (χ1v) is 26.1. The number of unbranched alkanes of at least 4 members (excludes halogenated alkanes) is 24. The van der Waals surface area contributed by atoms with Crippen molar-refractivity contribution >= 4 is 17.9 Å². The van der Waals surface area contributed by atoms with Crippen LogP contribution in [0.2, 0.25) is 0 Å². The van der Waals surface area contributed by atoms with Crippen molar-refractivity contribution in [3.05, 3.63) is 48.6 Å². The van der Waals surface area contributed by atoms with Gasteiger partial charge in [-0.2, -0.15) is 0 Å². The molecule has 0 aromatic rings. The molecule has 0 saturated heterocycles. The molecule has 0 N–H and O–H groups in total. The van der Waals surface area contributed by atoms with Crippen molar-refractivity contribution in [1.82, 2.24) is 4.90 Å². The normalized spacial score (nSPS) is 12.5. The Hall–Kier alpha value is -2.67. The lowest BCUT2D eigenvalue weighted by Gasteiger charge is -2.18. The molecule has 0 aromatic heterocycles. The summed E-state index contributed by atoms with van der Waals surface area (Å²) < 4.78 is 16.5. The highest BCUT2D eigenvalue weighted by molar-refractivity contribution is 5.70. The maximum absolute atomic E-state index is 12.6. The Morgan fingerprint density at radius 1 is 0.387 bits per heavy atom. The maximum atomic E-state index is 12.6. The monoisotopic (exact) mass is 870 g/mol. The quantitative estimate of drug-likeness (QED) is 0.0261. The van der Waals surface area contributed by atoms with Gasteiger partial charge in [-0.05, 0) is 130 Å². The number of ether oxygens (including phenoxy) is 3. The number of esters is 3. The number of carbonyl (C=O) groups excluding carboxylic acids is 3. The summed E-state index contributed by atoms with van der Waals surface area (Å²) >= 11 is 0. The second kappa shape index (κ2) is 49.3. The van der Waals surface area contributed by atoms with Crippen LogP contribution in [0.1, 0.15) is 245 Å². The van der Waals surface area contributed by atoms with Gasteiger partial charge in [0.2, 0.25) is 0 Å². The first-order valence-electron chi connectivity index (χ1n) is 26.1. The van der Waals surface area contributed by atoms with Crippen LogP contribution >= 0.6 is 0 Å². The van der Waals surface area contributed by atoms with E-state index in [2.05, 4.69) is 69.3 Å². The van der Waals surface area contributed by atoms with Crippen LogP contribution in [0, 0.1) is 0 Å². The highest BCUT2D eigenvalue weighted by Crippen LogP contribution is 2.19. The molecule has 0 aliphatic heterocycles. The van der Waals surface area contributed by atoms with Gasteiger partial charge >= 0.3 is 17.9 Å². The zero-order valence-electron chi connectivity index (χ0n) is 41.2. The fourth-order valence-corrected chi connectivity index (χ4v) is 7.46. The van der Waals surface area contributed by atoms with Gasteiger partial charge in [0.25, 0.3) is 0 Å². The van der Waals surface area contributed by atoms with Crippen LogP contribution in [0.15, 0.2) is 48.6 Å².